The van der Waals surface area contributed by atoms with E-state index in [1.165, 1.54) is 59.5 Å². The first-order valence-corrected chi connectivity index (χ1v) is 24.7. The molecule has 0 amide bonds. The third-order valence-corrected chi connectivity index (χ3v) is 15.7. The third-order valence-electron chi connectivity index (χ3n) is 11.7. The van der Waals surface area contributed by atoms with E-state index >= 15 is 0 Å². The molecule has 15 heteroatoms. The SMILES string of the molecule is CC(=NCS(=O)(=O)c1ccc(C)cc1)c1ccc2c(c1)Cc1ccccc1S2.Cc1ccc(B(O)O)cc1[N+](=O)[O-].Cc1ccc(C(C)c2ccc3c(c2)Cc2ccccc2S3)cc1[N+](=O)[O-]. The van der Waals surface area contributed by atoms with Crippen LogP contribution >= 0.6 is 23.5 Å². The minimum Gasteiger partial charge on any atom is -0.423 e. The molecule has 0 bridgehead atoms. The van der Waals surface area contributed by atoms with Crippen LogP contribution in [0.2, 0.25) is 0 Å². The molecule has 0 fully saturated rings. The number of benzene rings is 7. The van der Waals surface area contributed by atoms with Gasteiger partial charge >= 0.3 is 7.12 Å². The second-order valence-corrected chi connectivity index (χ2v) is 20.6. The maximum Gasteiger partial charge on any atom is 0.488 e. The van der Waals surface area contributed by atoms with Gasteiger partial charge in [-0.25, -0.2) is 8.42 Å². The zero-order chi connectivity index (χ0) is 48.0. The van der Waals surface area contributed by atoms with E-state index in [4.69, 9.17) is 10.0 Å². The van der Waals surface area contributed by atoms with Crippen molar-refractivity contribution < 1.29 is 28.3 Å². The molecule has 0 aliphatic carbocycles. The highest BCUT2D eigenvalue weighted by molar-refractivity contribution is 7.99. The number of aliphatic imine (C=N–C) groups is 1. The molecule has 2 aliphatic rings. The molecule has 340 valence electrons. The minimum atomic E-state index is -3.43. The molecule has 67 heavy (non-hydrogen) atoms. The van der Waals surface area contributed by atoms with Gasteiger partial charge in [0.1, 0.15) is 5.88 Å². The predicted molar refractivity (Wildman–Crippen MR) is 268 cm³/mol. The van der Waals surface area contributed by atoms with Crippen LogP contribution in [0, 0.1) is 41.0 Å². The molecule has 0 saturated carbocycles. The van der Waals surface area contributed by atoms with Crippen LogP contribution in [0.15, 0.2) is 175 Å². The number of fused-ring (bicyclic) bond motifs is 4. The fraction of sp³-hybridized carbons (Fsp3) is 0.173. The van der Waals surface area contributed by atoms with Crippen molar-refractivity contribution >= 4 is 63.0 Å². The van der Waals surface area contributed by atoms with E-state index < -0.39 is 21.9 Å². The normalized spacial score (nSPS) is 12.9. The van der Waals surface area contributed by atoms with Crippen molar-refractivity contribution in [2.45, 2.75) is 77.9 Å². The maximum absolute atomic E-state index is 12.5. The summed E-state index contributed by atoms with van der Waals surface area (Å²) in [5.41, 5.74) is 11.6. The monoisotopic (exact) mass is 949 g/mol. The molecule has 0 saturated heterocycles. The summed E-state index contributed by atoms with van der Waals surface area (Å²) in [6.07, 6.45) is 1.83. The van der Waals surface area contributed by atoms with Crippen LogP contribution in [0.5, 0.6) is 0 Å². The molecular formula is C52H48BN3O8S3. The van der Waals surface area contributed by atoms with E-state index in [0.29, 0.717) is 16.0 Å². The summed E-state index contributed by atoms with van der Waals surface area (Å²) in [4.78, 5) is 30.7. The fourth-order valence-electron chi connectivity index (χ4n) is 7.66. The van der Waals surface area contributed by atoms with Crippen molar-refractivity contribution in [3.8, 4) is 0 Å². The molecule has 1 unspecified atom stereocenters. The third kappa shape index (κ3) is 11.8. The van der Waals surface area contributed by atoms with Gasteiger partial charge < -0.3 is 10.0 Å². The highest BCUT2D eigenvalue weighted by atomic mass is 32.2. The molecule has 0 radical (unpaired) electrons. The van der Waals surface area contributed by atoms with Crippen LogP contribution < -0.4 is 5.46 Å². The van der Waals surface area contributed by atoms with Crippen molar-refractivity contribution in [2.24, 2.45) is 4.99 Å². The number of sulfone groups is 1. The largest absolute Gasteiger partial charge is 0.488 e. The predicted octanol–water partition coefficient (Wildman–Crippen LogP) is 11.0. The number of nitro groups is 2. The summed E-state index contributed by atoms with van der Waals surface area (Å²) < 4.78 is 25.1. The van der Waals surface area contributed by atoms with E-state index in [9.17, 15) is 28.6 Å². The Kier molecular flexibility index (Phi) is 15.3. The van der Waals surface area contributed by atoms with Crippen molar-refractivity contribution in [1.82, 2.24) is 0 Å². The van der Waals surface area contributed by atoms with E-state index in [1.54, 1.807) is 43.8 Å². The lowest BCUT2D eigenvalue weighted by molar-refractivity contribution is -0.385. The van der Waals surface area contributed by atoms with Gasteiger partial charge in [-0.2, -0.15) is 0 Å². The Hall–Kier alpha value is -6.36. The number of rotatable bonds is 9. The maximum atomic E-state index is 12.5. The standard InChI is InChI=1S/C23H21NO2S2.C22H19NO2S.C7H8BNO4/c1-16-7-10-21(11-8-16)28(25,26)15-24-17(2)18-9-12-23-20(13-18)14-19-5-3-4-6-22(19)27-23;1-14-7-8-17(13-20(14)23(24)25)15(2)16-9-10-22-19(11-16)12-18-5-3-4-6-21(18)26-22;1-5-2-3-6(8(10)11)4-7(5)9(12)13/h3-13H,14-15H2,1-2H3;3-11,13,15H,12H2,1-2H3;2-4,10-11H,1H3. The molecule has 2 heterocycles. The number of nitrogens with zero attached hydrogens (tertiary/aromatic N) is 3. The van der Waals surface area contributed by atoms with Crippen molar-refractivity contribution in [1.29, 1.82) is 0 Å². The minimum absolute atomic E-state index is 0.106. The van der Waals surface area contributed by atoms with Gasteiger partial charge in [0.15, 0.2) is 9.84 Å². The first kappa shape index (κ1) is 48.6. The topological polar surface area (TPSA) is 173 Å². The Bertz CT molecular complexity index is 3140. The molecule has 0 aromatic heterocycles. The summed E-state index contributed by atoms with van der Waals surface area (Å²) in [6.45, 7) is 9.29. The quantitative estimate of drug-likeness (QED) is 0.0613. The number of hydrogen-bond acceptors (Lipinski definition) is 11. The van der Waals surface area contributed by atoms with Gasteiger partial charge in [-0.05, 0) is 127 Å². The molecule has 1 atom stereocenters. The Balaban J connectivity index is 0.000000159. The van der Waals surface area contributed by atoms with E-state index in [1.807, 2.05) is 55.9 Å². The van der Waals surface area contributed by atoms with Crippen LogP contribution in [0.25, 0.3) is 0 Å². The van der Waals surface area contributed by atoms with Crippen molar-refractivity contribution in [3.05, 3.63) is 221 Å². The summed E-state index contributed by atoms with van der Waals surface area (Å²) in [5.74, 6) is -0.127. The molecule has 9 rings (SSSR count). The molecule has 7 aromatic carbocycles. The summed E-state index contributed by atoms with van der Waals surface area (Å²) in [6, 6.07) is 46.3. The highest BCUT2D eigenvalue weighted by Crippen LogP contribution is 2.42. The van der Waals surface area contributed by atoms with Gasteiger partial charge in [-0.1, -0.05) is 127 Å². The van der Waals surface area contributed by atoms with Crippen LogP contribution in [-0.2, 0) is 22.7 Å². The molecular weight excluding hydrogens is 902 g/mol. The summed E-state index contributed by atoms with van der Waals surface area (Å²) >= 11 is 3.60. The van der Waals surface area contributed by atoms with Gasteiger partial charge in [0, 0.05) is 54.5 Å². The number of aryl methyl sites for hydroxylation is 3. The average Bonchev–Trinajstić information content (AvgIpc) is 3.32. The lowest BCUT2D eigenvalue weighted by atomic mass is 9.80. The van der Waals surface area contributed by atoms with Gasteiger partial charge in [0.2, 0.25) is 0 Å². The smallest absolute Gasteiger partial charge is 0.423 e. The molecule has 2 N–H and O–H groups in total. The van der Waals surface area contributed by atoms with Crippen LogP contribution in [0.3, 0.4) is 0 Å². The van der Waals surface area contributed by atoms with Crippen LogP contribution in [-0.4, -0.2) is 47.0 Å². The number of nitro benzene ring substituents is 2. The van der Waals surface area contributed by atoms with Crippen LogP contribution in [0.1, 0.15) is 75.4 Å². The van der Waals surface area contributed by atoms with E-state index in [-0.39, 0.29) is 33.6 Å². The summed E-state index contributed by atoms with van der Waals surface area (Å²) in [7, 11) is -5.10. The van der Waals surface area contributed by atoms with Crippen molar-refractivity contribution in [3.63, 3.8) is 0 Å². The number of hydrogen-bond donors (Lipinski definition) is 2. The Morgan fingerprint density at radius 3 is 1.72 bits per heavy atom. The average molecular weight is 950 g/mol. The first-order chi connectivity index (χ1) is 32.0. The van der Waals surface area contributed by atoms with Gasteiger partial charge in [0.25, 0.3) is 11.4 Å². The Morgan fingerprint density at radius 1 is 0.642 bits per heavy atom. The molecule has 0 spiro atoms. The fourth-order valence-corrected chi connectivity index (χ4v) is 10.8. The second-order valence-electron chi connectivity index (χ2n) is 16.5. The van der Waals surface area contributed by atoms with Crippen LogP contribution in [0.4, 0.5) is 11.4 Å². The Morgan fingerprint density at radius 2 is 1.13 bits per heavy atom. The molecule has 7 aromatic rings. The Labute approximate surface area is 399 Å². The van der Waals surface area contributed by atoms with Gasteiger partial charge in [-0.15, -0.1) is 0 Å². The molecule has 11 nitrogen and oxygen atoms in total. The second kappa shape index (κ2) is 21.1. The van der Waals surface area contributed by atoms with E-state index in [2.05, 4.69) is 90.8 Å². The first-order valence-electron chi connectivity index (χ1n) is 21.4. The van der Waals surface area contributed by atoms with Gasteiger partial charge in [-0.3, -0.25) is 25.2 Å². The lowest BCUT2D eigenvalue weighted by Crippen LogP contribution is -2.29. The van der Waals surface area contributed by atoms with Gasteiger partial charge in [0.05, 0.1) is 14.7 Å². The lowest BCUT2D eigenvalue weighted by Gasteiger charge is -2.21. The van der Waals surface area contributed by atoms with E-state index in [0.717, 1.165) is 41.3 Å². The summed E-state index contributed by atoms with van der Waals surface area (Å²) in [5, 5.41) is 39.2. The van der Waals surface area contributed by atoms with Crippen molar-refractivity contribution in [2.75, 3.05) is 5.88 Å². The molecule has 2 aliphatic heterocycles. The zero-order valence-corrected chi connectivity index (χ0v) is 40.0. The zero-order valence-electron chi connectivity index (χ0n) is 37.5. The highest BCUT2D eigenvalue weighted by Gasteiger charge is 2.22.